The average Bonchev–Trinajstić information content (AvgIpc) is 2.68. The molecule has 0 aromatic rings. The van der Waals surface area contributed by atoms with Crippen LogP contribution in [0.3, 0.4) is 0 Å². The van der Waals surface area contributed by atoms with E-state index >= 15 is 0 Å². The maximum absolute atomic E-state index is 6.43. The highest BCUT2D eigenvalue weighted by atomic mass is 28.4. The third-order valence-corrected chi connectivity index (χ3v) is 4.72. The molecule has 0 heterocycles. The monoisotopic (exact) mass is 266 g/mol. The summed E-state index contributed by atoms with van der Waals surface area (Å²) < 4.78 is 6.43. The molecule has 1 rings (SSSR count). The first kappa shape index (κ1) is 15.6. The predicted octanol–water partition coefficient (Wildman–Crippen LogP) is 5.37. The molecule has 3 unspecified atom stereocenters. The van der Waals surface area contributed by atoms with Gasteiger partial charge in [0.25, 0.3) is 0 Å². The van der Waals surface area contributed by atoms with E-state index in [9.17, 15) is 0 Å². The van der Waals surface area contributed by atoms with Crippen LogP contribution in [-0.4, -0.2) is 8.32 Å². The summed E-state index contributed by atoms with van der Waals surface area (Å²) in [7, 11) is -1.52. The lowest BCUT2D eigenvalue weighted by Gasteiger charge is -2.29. The van der Waals surface area contributed by atoms with Crippen LogP contribution in [0.2, 0.25) is 19.6 Å². The molecule has 1 nitrogen and oxygen atoms in total. The first-order valence-electron chi connectivity index (χ1n) is 7.41. The minimum atomic E-state index is -1.52. The molecule has 0 amide bonds. The minimum absolute atomic E-state index is 0.505. The number of hydrogen-bond donors (Lipinski definition) is 0. The first-order valence-corrected chi connectivity index (χ1v) is 10.8. The van der Waals surface area contributed by atoms with E-state index in [1.165, 1.54) is 24.2 Å². The van der Waals surface area contributed by atoms with Gasteiger partial charge >= 0.3 is 0 Å². The van der Waals surface area contributed by atoms with Crippen LogP contribution in [0.1, 0.15) is 40.5 Å². The summed E-state index contributed by atoms with van der Waals surface area (Å²) in [5.74, 6) is 3.08. The van der Waals surface area contributed by atoms with Gasteiger partial charge in [-0.3, -0.25) is 0 Å². The van der Waals surface area contributed by atoms with Crippen molar-refractivity contribution in [1.82, 2.24) is 0 Å². The molecule has 0 aromatic heterocycles. The average molecular weight is 267 g/mol. The van der Waals surface area contributed by atoms with Gasteiger partial charge in [-0.15, -0.1) is 0 Å². The van der Waals surface area contributed by atoms with Crippen LogP contribution in [0.4, 0.5) is 0 Å². The molecule has 0 fully saturated rings. The van der Waals surface area contributed by atoms with Crippen molar-refractivity contribution in [3.63, 3.8) is 0 Å². The molecule has 0 aromatic carbocycles. The summed E-state index contributed by atoms with van der Waals surface area (Å²) >= 11 is 0. The Morgan fingerprint density at radius 3 is 2.22 bits per heavy atom. The Labute approximate surface area is 114 Å². The molecule has 1 aliphatic rings. The zero-order valence-corrected chi connectivity index (χ0v) is 14.2. The van der Waals surface area contributed by atoms with E-state index in [-0.39, 0.29) is 0 Å². The molecule has 18 heavy (non-hydrogen) atoms. The van der Waals surface area contributed by atoms with Crippen LogP contribution in [0, 0.1) is 17.8 Å². The van der Waals surface area contributed by atoms with Gasteiger partial charge in [-0.1, -0.05) is 46.3 Å². The Balaban J connectivity index is 3.03. The molecule has 0 aliphatic heterocycles. The second kappa shape index (κ2) is 6.09. The van der Waals surface area contributed by atoms with Gasteiger partial charge in [-0.25, -0.2) is 0 Å². The SMILES string of the molecule is CCC(C)C1=C(O[Si](C)(C)C)C(C(C)CC)C=C1. The third-order valence-electron chi connectivity index (χ3n) is 3.89. The second-order valence-electron chi connectivity index (χ2n) is 6.61. The summed E-state index contributed by atoms with van der Waals surface area (Å²) in [5.41, 5.74) is 1.45. The van der Waals surface area contributed by atoms with E-state index in [1.807, 2.05) is 0 Å². The van der Waals surface area contributed by atoms with Crippen LogP contribution < -0.4 is 0 Å². The van der Waals surface area contributed by atoms with Crippen molar-refractivity contribution >= 4 is 8.32 Å². The number of allylic oxidation sites excluding steroid dienone is 3. The molecule has 0 radical (unpaired) electrons. The Morgan fingerprint density at radius 1 is 1.17 bits per heavy atom. The molecule has 0 saturated heterocycles. The van der Waals surface area contributed by atoms with Gasteiger partial charge in [0, 0.05) is 5.92 Å². The fraction of sp³-hybridized carbons (Fsp3) is 0.750. The minimum Gasteiger partial charge on any atom is -0.547 e. The smallest absolute Gasteiger partial charge is 0.241 e. The number of hydrogen-bond acceptors (Lipinski definition) is 1. The molecule has 0 saturated carbocycles. The van der Waals surface area contributed by atoms with E-state index in [2.05, 4.69) is 59.5 Å². The van der Waals surface area contributed by atoms with Gasteiger partial charge in [0.2, 0.25) is 8.32 Å². The number of rotatable bonds is 6. The fourth-order valence-corrected chi connectivity index (χ4v) is 3.27. The highest BCUT2D eigenvalue weighted by molar-refractivity contribution is 6.70. The quantitative estimate of drug-likeness (QED) is 0.587. The second-order valence-corrected chi connectivity index (χ2v) is 11.0. The van der Waals surface area contributed by atoms with Crippen molar-refractivity contribution in [3.05, 3.63) is 23.5 Å². The third kappa shape index (κ3) is 3.74. The van der Waals surface area contributed by atoms with Gasteiger partial charge < -0.3 is 4.43 Å². The summed E-state index contributed by atoms with van der Waals surface area (Å²) in [5, 5.41) is 0. The summed E-state index contributed by atoms with van der Waals surface area (Å²) in [6.45, 7) is 16.0. The molecule has 2 heteroatoms. The van der Waals surface area contributed by atoms with Crippen molar-refractivity contribution in [2.75, 3.05) is 0 Å². The largest absolute Gasteiger partial charge is 0.547 e. The maximum Gasteiger partial charge on any atom is 0.241 e. The molecule has 0 bridgehead atoms. The van der Waals surface area contributed by atoms with E-state index in [0.717, 1.165) is 0 Å². The maximum atomic E-state index is 6.43. The van der Waals surface area contributed by atoms with E-state index in [0.29, 0.717) is 17.8 Å². The zero-order chi connectivity index (χ0) is 13.9. The van der Waals surface area contributed by atoms with Crippen LogP contribution in [0.25, 0.3) is 0 Å². The molecule has 0 N–H and O–H groups in total. The lowest BCUT2D eigenvalue weighted by molar-refractivity contribution is 0.311. The van der Waals surface area contributed by atoms with Gasteiger partial charge in [0.05, 0.1) is 5.76 Å². The van der Waals surface area contributed by atoms with E-state index in [1.54, 1.807) is 0 Å². The summed E-state index contributed by atoms with van der Waals surface area (Å²) in [6, 6.07) is 0. The fourth-order valence-electron chi connectivity index (χ4n) is 2.36. The molecule has 0 spiro atoms. The highest BCUT2D eigenvalue weighted by Gasteiger charge is 2.31. The summed E-state index contributed by atoms with van der Waals surface area (Å²) in [4.78, 5) is 0. The summed E-state index contributed by atoms with van der Waals surface area (Å²) in [6.07, 6.45) is 7.08. The molecular formula is C16H30OSi. The van der Waals surface area contributed by atoms with Crippen molar-refractivity contribution in [3.8, 4) is 0 Å². The molecule has 3 atom stereocenters. The predicted molar refractivity (Wildman–Crippen MR) is 83.0 cm³/mol. The van der Waals surface area contributed by atoms with Crippen LogP contribution in [0.5, 0.6) is 0 Å². The molecule has 1 aliphatic carbocycles. The van der Waals surface area contributed by atoms with Gasteiger partial charge in [0.1, 0.15) is 0 Å². The Hall–Kier alpha value is -0.503. The van der Waals surface area contributed by atoms with E-state index in [4.69, 9.17) is 4.43 Å². The van der Waals surface area contributed by atoms with Crippen molar-refractivity contribution < 1.29 is 4.43 Å². The Morgan fingerprint density at radius 2 is 1.78 bits per heavy atom. The van der Waals surface area contributed by atoms with Crippen molar-refractivity contribution in [2.45, 2.75) is 60.2 Å². The molecule has 104 valence electrons. The zero-order valence-electron chi connectivity index (χ0n) is 13.2. The topological polar surface area (TPSA) is 9.23 Å². The van der Waals surface area contributed by atoms with Gasteiger partial charge in [0.15, 0.2) is 0 Å². The lowest BCUT2D eigenvalue weighted by atomic mass is 9.90. The van der Waals surface area contributed by atoms with E-state index < -0.39 is 8.32 Å². The van der Waals surface area contributed by atoms with Gasteiger partial charge in [-0.05, 0) is 43.5 Å². The normalized spacial score (nSPS) is 23.4. The Bertz CT molecular complexity index is 335. The van der Waals surface area contributed by atoms with Crippen molar-refractivity contribution in [1.29, 1.82) is 0 Å². The highest BCUT2D eigenvalue weighted by Crippen LogP contribution is 2.38. The van der Waals surface area contributed by atoms with Crippen LogP contribution in [0.15, 0.2) is 23.5 Å². The molecular weight excluding hydrogens is 236 g/mol. The van der Waals surface area contributed by atoms with Crippen LogP contribution in [-0.2, 0) is 4.43 Å². The van der Waals surface area contributed by atoms with Crippen molar-refractivity contribution in [2.24, 2.45) is 17.8 Å². The van der Waals surface area contributed by atoms with Crippen LogP contribution >= 0.6 is 0 Å². The van der Waals surface area contributed by atoms with Gasteiger partial charge in [-0.2, -0.15) is 0 Å². The Kier molecular flexibility index (Phi) is 5.27. The first-order chi connectivity index (χ1) is 8.30. The standard InChI is InChI=1S/C16H30OSi/c1-8-12(3)14-10-11-15(13(4)9-2)16(14)17-18(5,6)7/h10-14H,8-9H2,1-7H3. The lowest BCUT2D eigenvalue weighted by Crippen LogP contribution is -2.28.